The van der Waals surface area contributed by atoms with Crippen molar-refractivity contribution in [1.29, 1.82) is 0 Å². The molecule has 1 fully saturated rings. The van der Waals surface area contributed by atoms with Crippen LogP contribution in [0.3, 0.4) is 0 Å². The number of carbonyl (C=O) groups is 1. The SMILES string of the molecule is O=C1C=CC2(OO)CCCCC2=C1. The van der Waals surface area contributed by atoms with Crippen LogP contribution in [0, 0.1) is 0 Å². The fourth-order valence-corrected chi connectivity index (χ4v) is 2.03. The molecule has 1 atom stereocenters. The molecule has 0 saturated heterocycles. The van der Waals surface area contributed by atoms with Crippen molar-refractivity contribution >= 4 is 5.78 Å². The zero-order chi connectivity index (χ0) is 9.31. The molecule has 1 saturated carbocycles. The molecule has 0 aromatic rings. The molecule has 0 aromatic heterocycles. The molecule has 0 heterocycles. The zero-order valence-corrected chi connectivity index (χ0v) is 7.32. The molecule has 0 bridgehead atoms. The normalized spacial score (nSPS) is 32.7. The Bertz CT molecular complexity index is 291. The van der Waals surface area contributed by atoms with E-state index < -0.39 is 5.60 Å². The maximum Gasteiger partial charge on any atom is 0.178 e. The van der Waals surface area contributed by atoms with Gasteiger partial charge >= 0.3 is 0 Å². The minimum atomic E-state index is -0.688. The Morgan fingerprint density at radius 1 is 1.46 bits per heavy atom. The van der Waals surface area contributed by atoms with Gasteiger partial charge in [-0.15, -0.1) is 0 Å². The number of hydrogen-bond acceptors (Lipinski definition) is 3. The van der Waals surface area contributed by atoms with Crippen LogP contribution in [-0.2, 0) is 9.68 Å². The summed E-state index contributed by atoms with van der Waals surface area (Å²) in [6.07, 6.45) is 8.41. The first-order valence-corrected chi connectivity index (χ1v) is 4.54. The van der Waals surface area contributed by atoms with Crippen LogP contribution in [-0.4, -0.2) is 16.6 Å². The Kier molecular flexibility index (Phi) is 2.06. The van der Waals surface area contributed by atoms with Crippen LogP contribution in [0.15, 0.2) is 23.8 Å². The van der Waals surface area contributed by atoms with Gasteiger partial charge in [-0.2, -0.15) is 0 Å². The Morgan fingerprint density at radius 3 is 3.08 bits per heavy atom. The minimum absolute atomic E-state index is 0.00965. The highest BCUT2D eigenvalue weighted by Crippen LogP contribution is 2.38. The van der Waals surface area contributed by atoms with Crippen molar-refractivity contribution in [2.24, 2.45) is 0 Å². The monoisotopic (exact) mass is 180 g/mol. The van der Waals surface area contributed by atoms with E-state index in [-0.39, 0.29) is 5.78 Å². The Balaban J connectivity index is 2.35. The molecule has 3 nitrogen and oxygen atoms in total. The van der Waals surface area contributed by atoms with Gasteiger partial charge in [0.05, 0.1) is 0 Å². The van der Waals surface area contributed by atoms with E-state index in [1.165, 1.54) is 6.08 Å². The van der Waals surface area contributed by atoms with Gasteiger partial charge in [-0.05, 0) is 49.5 Å². The van der Waals surface area contributed by atoms with Crippen molar-refractivity contribution in [3.05, 3.63) is 23.8 Å². The van der Waals surface area contributed by atoms with E-state index in [1.54, 1.807) is 12.2 Å². The molecule has 70 valence electrons. The maximum absolute atomic E-state index is 11.1. The highest BCUT2D eigenvalue weighted by Gasteiger charge is 2.37. The van der Waals surface area contributed by atoms with E-state index in [0.29, 0.717) is 0 Å². The van der Waals surface area contributed by atoms with Crippen molar-refractivity contribution in [2.75, 3.05) is 0 Å². The molecule has 1 unspecified atom stereocenters. The first kappa shape index (κ1) is 8.66. The summed E-state index contributed by atoms with van der Waals surface area (Å²) >= 11 is 0. The molecule has 2 aliphatic rings. The molecule has 13 heavy (non-hydrogen) atoms. The predicted molar refractivity (Wildman–Crippen MR) is 47.1 cm³/mol. The lowest BCUT2D eigenvalue weighted by atomic mass is 9.77. The molecule has 3 heteroatoms. The number of hydrogen-bond donors (Lipinski definition) is 1. The lowest BCUT2D eigenvalue weighted by Gasteiger charge is -2.35. The van der Waals surface area contributed by atoms with E-state index in [9.17, 15) is 4.79 Å². The minimum Gasteiger partial charge on any atom is -0.290 e. The van der Waals surface area contributed by atoms with E-state index in [2.05, 4.69) is 4.89 Å². The lowest BCUT2D eigenvalue weighted by Crippen LogP contribution is -2.36. The van der Waals surface area contributed by atoms with E-state index in [1.807, 2.05) is 0 Å². The van der Waals surface area contributed by atoms with Gasteiger partial charge in [0.2, 0.25) is 0 Å². The Morgan fingerprint density at radius 2 is 2.31 bits per heavy atom. The van der Waals surface area contributed by atoms with Crippen LogP contribution in [0.1, 0.15) is 25.7 Å². The second kappa shape index (κ2) is 3.09. The third kappa shape index (κ3) is 1.34. The second-order valence-corrected chi connectivity index (χ2v) is 3.59. The first-order valence-electron chi connectivity index (χ1n) is 4.54. The van der Waals surface area contributed by atoms with Crippen molar-refractivity contribution in [1.82, 2.24) is 0 Å². The van der Waals surface area contributed by atoms with Crippen LogP contribution >= 0.6 is 0 Å². The summed E-state index contributed by atoms with van der Waals surface area (Å²) in [5, 5.41) is 8.86. The van der Waals surface area contributed by atoms with E-state index in [4.69, 9.17) is 5.26 Å². The summed E-state index contributed by atoms with van der Waals surface area (Å²) in [6.45, 7) is 0. The van der Waals surface area contributed by atoms with E-state index >= 15 is 0 Å². The van der Waals surface area contributed by atoms with Crippen molar-refractivity contribution < 1.29 is 14.9 Å². The second-order valence-electron chi connectivity index (χ2n) is 3.59. The van der Waals surface area contributed by atoms with Gasteiger partial charge in [-0.25, -0.2) is 4.89 Å². The van der Waals surface area contributed by atoms with Crippen LogP contribution in [0.25, 0.3) is 0 Å². The van der Waals surface area contributed by atoms with Crippen molar-refractivity contribution in [3.63, 3.8) is 0 Å². The smallest absolute Gasteiger partial charge is 0.178 e. The molecule has 2 aliphatic carbocycles. The summed E-state index contributed by atoms with van der Waals surface area (Å²) < 4.78 is 0. The number of allylic oxidation sites excluding steroid dienone is 2. The fraction of sp³-hybridized carbons (Fsp3) is 0.500. The Labute approximate surface area is 76.6 Å². The number of fused-ring (bicyclic) bond motifs is 1. The number of ketones is 1. The summed E-state index contributed by atoms with van der Waals surface area (Å²) in [7, 11) is 0. The molecule has 1 N–H and O–H groups in total. The van der Waals surface area contributed by atoms with Gasteiger partial charge in [0.25, 0.3) is 0 Å². The summed E-state index contributed by atoms with van der Waals surface area (Å²) in [5.41, 5.74) is 0.223. The quantitative estimate of drug-likeness (QED) is 0.495. The highest BCUT2D eigenvalue weighted by atomic mass is 17.1. The van der Waals surface area contributed by atoms with Gasteiger partial charge in [0, 0.05) is 0 Å². The van der Waals surface area contributed by atoms with Gasteiger partial charge in [0.15, 0.2) is 5.78 Å². The number of carbonyl (C=O) groups excluding carboxylic acids is 1. The topological polar surface area (TPSA) is 46.5 Å². The maximum atomic E-state index is 11.1. The molecular weight excluding hydrogens is 168 g/mol. The van der Waals surface area contributed by atoms with E-state index in [0.717, 1.165) is 31.3 Å². The Hall–Kier alpha value is -0.930. The number of rotatable bonds is 1. The highest BCUT2D eigenvalue weighted by molar-refractivity contribution is 6.01. The molecule has 0 aromatic carbocycles. The first-order chi connectivity index (χ1) is 6.27. The average Bonchev–Trinajstić information content (AvgIpc) is 2.18. The molecule has 0 aliphatic heterocycles. The van der Waals surface area contributed by atoms with Crippen LogP contribution in [0.2, 0.25) is 0 Å². The summed E-state index contributed by atoms with van der Waals surface area (Å²) in [4.78, 5) is 15.6. The molecule has 2 rings (SSSR count). The fourth-order valence-electron chi connectivity index (χ4n) is 2.03. The van der Waals surface area contributed by atoms with Crippen LogP contribution < -0.4 is 0 Å². The summed E-state index contributed by atoms with van der Waals surface area (Å²) in [5.74, 6) is -0.00965. The molecule has 0 radical (unpaired) electrons. The van der Waals surface area contributed by atoms with Crippen molar-refractivity contribution in [2.45, 2.75) is 31.3 Å². The van der Waals surface area contributed by atoms with Crippen LogP contribution in [0.4, 0.5) is 0 Å². The lowest BCUT2D eigenvalue weighted by molar-refractivity contribution is -0.300. The van der Waals surface area contributed by atoms with Crippen molar-refractivity contribution in [3.8, 4) is 0 Å². The average molecular weight is 180 g/mol. The van der Waals surface area contributed by atoms with Gasteiger partial charge in [-0.1, -0.05) is 0 Å². The van der Waals surface area contributed by atoms with Crippen LogP contribution in [0.5, 0.6) is 0 Å². The predicted octanol–water partition coefficient (Wildman–Crippen LogP) is 1.85. The van der Waals surface area contributed by atoms with Gasteiger partial charge in [-0.3, -0.25) is 10.1 Å². The zero-order valence-electron chi connectivity index (χ0n) is 7.32. The standard InChI is InChI=1S/C10H12O3/c11-9-4-6-10(13-12)5-2-1-3-8(10)7-9/h4,6-7,12H,1-3,5H2. The summed E-state index contributed by atoms with van der Waals surface area (Å²) in [6, 6.07) is 0. The van der Waals surface area contributed by atoms with Gasteiger partial charge in [0.1, 0.15) is 5.60 Å². The third-order valence-electron chi connectivity index (χ3n) is 2.78. The largest absolute Gasteiger partial charge is 0.290 e. The third-order valence-corrected chi connectivity index (χ3v) is 2.78. The molecule has 0 spiro atoms. The molecule has 0 amide bonds. The van der Waals surface area contributed by atoms with Gasteiger partial charge < -0.3 is 0 Å². The molecular formula is C10H12O3.